The maximum Gasteiger partial charge on any atom is 0.0948 e. The summed E-state index contributed by atoms with van der Waals surface area (Å²) in [5, 5.41) is 0. The Labute approximate surface area is 161 Å². The summed E-state index contributed by atoms with van der Waals surface area (Å²) in [6.45, 7) is 17.0. The van der Waals surface area contributed by atoms with E-state index in [0.717, 1.165) is 0 Å². The Morgan fingerprint density at radius 3 is 1.15 bits per heavy atom. The van der Waals surface area contributed by atoms with Gasteiger partial charge in [0.1, 0.15) is 0 Å². The average Bonchev–Trinajstić information content (AvgIpc) is 2.66. The van der Waals surface area contributed by atoms with Crippen molar-refractivity contribution in [1.82, 2.24) is 0 Å². The maximum absolute atomic E-state index is 3.94. The van der Waals surface area contributed by atoms with Crippen molar-refractivity contribution in [2.45, 2.75) is 26.2 Å². The van der Waals surface area contributed by atoms with E-state index in [1.54, 1.807) is 0 Å². The van der Waals surface area contributed by atoms with E-state index < -0.39 is 16.1 Å². The first-order valence-corrected chi connectivity index (χ1v) is 15.4. The highest BCUT2D eigenvalue weighted by Crippen LogP contribution is 2.22. The fourth-order valence-electron chi connectivity index (χ4n) is 2.33. The Hall–Kier alpha value is -2.17. The van der Waals surface area contributed by atoms with Gasteiger partial charge < -0.3 is 0 Å². The molecule has 0 N–H and O–H groups in total. The van der Waals surface area contributed by atoms with Crippen LogP contribution in [-0.2, 0) is 0 Å². The summed E-state index contributed by atoms with van der Waals surface area (Å²) in [6.07, 6.45) is 4.44. The van der Waals surface area contributed by atoms with Crippen LogP contribution in [0.3, 0.4) is 0 Å². The van der Waals surface area contributed by atoms with Gasteiger partial charge in [0.05, 0.1) is 16.1 Å². The van der Waals surface area contributed by atoms with Gasteiger partial charge in [0.2, 0.25) is 0 Å². The van der Waals surface area contributed by atoms with Crippen LogP contribution in [0.5, 0.6) is 0 Å². The van der Waals surface area contributed by atoms with Gasteiger partial charge in [0, 0.05) is 0 Å². The summed E-state index contributed by atoms with van der Waals surface area (Å²) in [5.74, 6) is 0. The summed E-state index contributed by atoms with van der Waals surface area (Å²) in [4.78, 5) is 0. The smallest absolute Gasteiger partial charge is 0.0948 e. The molecule has 2 rings (SSSR count). The lowest BCUT2D eigenvalue weighted by atomic mass is 10.0. The van der Waals surface area contributed by atoms with E-state index in [4.69, 9.17) is 0 Å². The highest BCUT2D eigenvalue weighted by atomic mass is 28.3. The van der Waals surface area contributed by atoms with Crippen LogP contribution in [0.15, 0.2) is 84.5 Å². The molecule has 0 amide bonds. The summed E-state index contributed by atoms with van der Waals surface area (Å²) >= 11 is 0. The highest BCUT2D eigenvalue weighted by Gasteiger charge is 2.10. The summed E-state index contributed by atoms with van der Waals surface area (Å²) in [6, 6.07) is 17.5. The van der Waals surface area contributed by atoms with Gasteiger partial charge in [-0.25, -0.2) is 0 Å². The molecular weight excluding hydrogens is 344 g/mol. The first-order chi connectivity index (χ1) is 12.2. The minimum atomic E-state index is -1.39. The fraction of sp³-hybridized carbons (Fsp3) is 0.167. The Bertz CT molecular complexity index is 733. The number of hydrogen-bond acceptors (Lipinski definition) is 0. The summed E-state index contributed by atoms with van der Waals surface area (Å²) < 4.78 is 0. The van der Waals surface area contributed by atoms with Crippen LogP contribution < -0.4 is 0 Å². The Kier molecular flexibility index (Phi) is 6.57. The van der Waals surface area contributed by atoms with Gasteiger partial charge in [-0.05, 0) is 22.3 Å². The van der Waals surface area contributed by atoms with Gasteiger partial charge in [-0.3, -0.25) is 0 Å². The van der Waals surface area contributed by atoms with Gasteiger partial charge in [-0.2, -0.15) is 0 Å². The van der Waals surface area contributed by atoms with Crippen LogP contribution in [0.25, 0.3) is 23.3 Å². The molecule has 0 saturated heterocycles. The lowest BCUT2D eigenvalue weighted by Crippen LogP contribution is -2.18. The second kappa shape index (κ2) is 8.48. The number of rotatable bonds is 7. The summed E-state index contributed by atoms with van der Waals surface area (Å²) in [5.41, 5.74) is 13.8. The van der Waals surface area contributed by atoms with Gasteiger partial charge in [-0.1, -0.05) is 110 Å². The normalized spacial score (nSPS) is 12.6. The van der Waals surface area contributed by atoms with Crippen molar-refractivity contribution in [2.24, 2.45) is 0 Å². The molecular formula is C24H30Si2. The van der Waals surface area contributed by atoms with Crippen molar-refractivity contribution in [3.8, 4) is 11.1 Å². The first kappa shape index (κ1) is 20.1. The monoisotopic (exact) mass is 374 g/mol. The van der Waals surface area contributed by atoms with E-state index >= 15 is 0 Å². The van der Waals surface area contributed by atoms with E-state index in [2.05, 4.69) is 123 Å². The molecule has 0 aliphatic rings. The van der Waals surface area contributed by atoms with E-state index in [9.17, 15) is 0 Å². The molecule has 0 aromatic heterocycles. The van der Waals surface area contributed by atoms with Crippen LogP contribution in [-0.4, -0.2) is 16.1 Å². The summed E-state index contributed by atoms with van der Waals surface area (Å²) in [7, 11) is -2.79. The van der Waals surface area contributed by atoms with Gasteiger partial charge >= 0.3 is 0 Å². The van der Waals surface area contributed by atoms with Crippen LogP contribution in [0.1, 0.15) is 11.1 Å². The van der Waals surface area contributed by atoms with Crippen molar-refractivity contribution in [3.05, 3.63) is 95.6 Å². The molecule has 0 aliphatic heterocycles. The third kappa shape index (κ3) is 5.97. The molecule has 2 aromatic carbocycles. The van der Waals surface area contributed by atoms with Crippen molar-refractivity contribution in [3.63, 3.8) is 0 Å². The molecule has 0 spiro atoms. The van der Waals surface area contributed by atoms with Gasteiger partial charge in [0.15, 0.2) is 0 Å². The quantitative estimate of drug-likeness (QED) is 0.445. The molecule has 0 heterocycles. The standard InChI is InChI=1S/C24H30Si2/c1-7-25(3,4)19-17-21-9-13-23(14-10-21)24-15-11-22(12-16-24)18-20-26(5,6)8-2/h7-20H,1-2H2,3-6H3/b19-17+,20-18+. The Morgan fingerprint density at radius 1 is 0.577 bits per heavy atom. The third-order valence-electron chi connectivity index (χ3n) is 4.62. The van der Waals surface area contributed by atoms with Gasteiger partial charge in [0.25, 0.3) is 0 Å². The zero-order valence-corrected chi connectivity index (χ0v) is 18.5. The second-order valence-electron chi connectivity index (χ2n) is 7.96. The molecule has 0 unspecified atom stereocenters. The minimum absolute atomic E-state index is 1.24. The average molecular weight is 375 g/mol. The Morgan fingerprint density at radius 2 is 0.885 bits per heavy atom. The molecule has 0 fully saturated rings. The van der Waals surface area contributed by atoms with E-state index in [-0.39, 0.29) is 0 Å². The molecule has 0 radical (unpaired) electrons. The molecule has 0 atom stereocenters. The number of benzene rings is 2. The SMILES string of the molecule is C=C[Si](C)(C)/C=C/c1ccc(-c2ccc(/C=C/[Si](C)(C)C=C)cc2)cc1. The van der Waals surface area contributed by atoms with E-state index in [1.807, 2.05) is 0 Å². The van der Waals surface area contributed by atoms with Crippen LogP contribution >= 0.6 is 0 Å². The van der Waals surface area contributed by atoms with Crippen molar-refractivity contribution in [1.29, 1.82) is 0 Å². The molecule has 0 saturated carbocycles. The molecule has 0 aliphatic carbocycles. The number of hydrogen-bond donors (Lipinski definition) is 0. The lowest BCUT2D eigenvalue weighted by Gasteiger charge is -2.10. The van der Waals surface area contributed by atoms with Crippen molar-refractivity contribution >= 4 is 28.3 Å². The van der Waals surface area contributed by atoms with Crippen LogP contribution in [0.2, 0.25) is 26.2 Å². The van der Waals surface area contributed by atoms with E-state index in [1.165, 1.54) is 22.3 Å². The topological polar surface area (TPSA) is 0 Å². The Balaban J connectivity index is 2.12. The fourth-order valence-corrected chi connectivity index (χ4v) is 3.85. The van der Waals surface area contributed by atoms with E-state index in [0.29, 0.717) is 0 Å². The minimum Gasteiger partial charge on any atom is -0.107 e. The predicted molar refractivity (Wildman–Crippen MR) is 125 cm³/mol. The van der Waals surface area contributed by atoms with Crippen molar-refractivity contribution < 1.29 is 0 Å². The first-order valence-electron chi connectivity index (χ1n) is 9.11. The molecule has 0 bridgehead atoms. The molecule has 2 heteroatoms. The predicted octanol–water partition coefficient (Wildman–Crippen LogP) is 7.33. The largest absolute Gasteiger partial charge is 0.107 e. The molecule has 26 heavy (non-hydrogen) atoms. The van der Waals surface area contributed by atoms with Crippen LogP contribution in [0.4, 0.5) is 0 Å². The molecule has 134 valence electrons. The van der Waals surface area contributed by atoms with Crippen molar-refractivity contribution in [2.75, 3.05) is 0 Å². The third-order valence-corrected chi connectivity index (χ3v) is 8.77. The zero-order chi connectivity index (χ0) is 19.2. The lowest BCUT2D eigenvalue weighted by molar-refractivity contribution is 1.58. The molecule has 0 nitrogen and oxygen atoms in total. The zero-order valence-electron chi connectivity index (χ0n) is 16.5. The van der Waals surface area contributed by atoms with Crippen LogP contribution in [0, 0.1) is 0 Å². The maximum atomic E-state index is 3.94. The molecule has 2 aromatic rings. The van der Waals surface area contributed by atoms with Gasteiger partial charge in [-0.15, -0.1) is 13.2 Å². The second-order valence-corrected chi connectivity index (χ2v) is 16.7. The highest BCUT2D eigenvalue weighted by molar-refractivity contribution is 6.87.